The van der Waals surface area contributed by atoms with Crippen molar-refractivity contribution < 1.29 is 19.1 Å². The number of benzene rings is 2. The molecule has 2 aromatic rings. The van der Waals surface area contributed by atoms with Crippen molar-refractivity contribution in [1.29, 1.82) is 0 Å². The van der Waals surface area contributed by atoms with E-state index in [1.54, 1.807) is 25.1 Å². The normalized spacial score (nSPS) is 11.6. The third-order valence-corrected chi connectivity index (χ3v) is 4.91. The SMILES string of the molecule is CCOC(=O)C(Sc1ccccc1)c1ccc(Cl)cc1CC(=O)OC. The van der Waals surface area contributed by atoms with E-state index in [0.29, 0.717) is 16.1 Å². The highest BCUT2D eigenvalue weighted by molar-refractivity contribution is 8.00. The zero-order valence-corrected chi connectivity index (χ0v) is 15.6. The second kappa shape index (κ2) is 9.49. The van der Waals surface area contributed by atoms with Crippen LogP contribution in [0.3, 0.4) is 0 Å². The third kappa shape index (κ3) is 5.51. The molecule has 6 heteroatoms. The van der Waals surface area contributed by atoms with Crippen LogP contribution >= 0.6 is 23.4 Å². The molecule has 0 aromatic heterocycles. The highest BCUT2D eigenvalue weighted by Gasteiger charge is 2.26. The van der Waals surface area contributed by atoms with Gasteiger partial charge in [-0.1, -0.05) is 35.9 Å². The molecule has 0 bridgehead atoms. The molecular weight excluding hydrogens is 360 g/mol. The van der Waals surface area contributed by atoms with Crippen LogP contribution in [-0.4, -0.2) is 25.7 Å². The van der Waals surface area contributed by atoms with E-state index in [1.807, 2.05) is 30.3 Å². The molecule has 0 N–H and O–H groups in total. The highest BCUT2D eigenvalue weighted by Crippen LogP contribution is 2.38. The van der Waals surface area contributed by atoms with Gasteiger partial charge in [-0.25, -0.2) is 0 Å². The smallest absolute Gasteiger partial charge is 0.323 e. The monoisotopic (exact) mass is 378 g/mol. The van der Waals surface area contributed by atoms with Gasteiger partial charge in [0, 0.05) is 9.92 Å². The van der Waals surface area contributed by atoms with E-state index in [1.165, 1.54) is 18.9 Å². The van der Waals surface area contributed by atoms with Crippen LogP contribution in [0.1, 0.15) is 23.3 Å². The molecular formula is C19H19ClO4S. The Balaban J connectivity index is 2.42. The summed E-state index contributed by atoms with van der Waals surface area (Å²) < 4.78 is 9.99. The van der Waals surface area contributed by atoms with Crippen molar-refractivity contribution in [1.82, 2.24) is 0 Å². The number of carbonyl (C=O) groups excluding carboxylic acids is 2. The van der Waals surface area contributed by atoms with Crippen molar-refractivity contribution >= 4 is 35.3 Å². The van der Waals surface area contributed by atoms with E-state index in [4.69, 9.17) is 21.1 Å². The summed E-state index contributed by atoms with van der Waals surface area (Å²) in [5.74, 6) is -0.749. The number of carbonyl (C=O) groups is 2. The van der Waals surface area contributed by atoms with Crippen LogP contribution in [0.25, 0.3) is 0 Å². The summed E-state index contributed by atoms with van der Waals surface area (Å²) in [6, 6.07) is 14.7. The van der Waals surface area contributed by atoms with Crippen LogP contribution in [0.2, 0.25) is 5.02 Å². The predicted molar refractivity (Wildman–Crippen MR) is 98.8 cm³/mol. The lowest BCUT2D eigenvalue weighted by atomic mass is 10.0. The fourth-order valence-corrected chi connectivity index (χ4v) is 3.60. The van der Waals surface area contributed by atoms with E-state index >= 15 is 0 Å². The molecule has 132 valence electrons. The van der Waals surface area contributed by atoms with Crippen LogP contribution in [0.4, 0.5) is 0 Å². The number of ether oxygens (including phenoxy) is 2. The molecule has 25 heavy (non-hydrogen) atoms. The lowest BCUT2D eigenvalue weighted by Gasteiger charge is -2.19. The predicted octanol–water partition coefficient (Wildman–Crippen LogP) is 4.45. The van der Waals surface area contributed by atoms with Crippen molar-refractivity contribution in [3.05, 3.63) is 64.7 Å². The topological polar surface area (TPSA) is 52.6 Å². The minimum atomic E-state index is -0.598. The summed E-state index contributed by atoms with van der Waals surface area (Å²) in [5.41, 5.74) is 1.35. The van der Waals surface area contributed by atoms with E-state index in [9.17, 15) is 9.59 Å². The van der Waals surface area contributed by atoms with Gasteiger partial charge in [-0.2, -0.15) is 0 Å². The summed E-state index contributed by atoms with van der Waals surface area (Å²) in [4.78, 5) is 25.2. The second-order valence-electron chi connectivity index (χ2n) is 5.16. The quantitative estimate of drug-likeness (QED) is 0.526. The molecule has 1 unspecified atom stereocenters. The average molecular weight is 379 g/mol. The first-order chi connectivity index (χ1) is 12.0. The van der Waals surface area contributed by atoms with Gasteiger partial charge in [-0.3, -0.25) is 9.59 Å². The molecule has 1 atom stereocenters. The molecule has 0 saturated carbocycles. The Morgan fingerprint density at radius 3 is 2.52 bits per heavy atom. The van der Waals surface area contributed by atoms with Gasteiger partial charge < -0.3 is 9.47 Å². The van der Waals surface area contributed by atoms with Gasteiger partial charge in [-0.05, 0) is 42.3 Å². The van der Waals surface area contributed by atoms with Crippen molar-refractivity contribution in [3.63, 3.8) is 0 Å². The molecule has 0 fully saturated rings. The number of rotatable bonds is 7. The molecule has 0 radical (unpaired) electrons. The lowest BCUT2D eigenvalue weighted by Crippen LogP contribution is -2.16. The third-order valence-electron chi connectivity index (χ3n) is 3.45. The summed E-state index contributed by atoms with van der Waals surface area (Å²) in [7, 11) is 1.33. The molecule has 0 aliphatic heterocycles. The number of hydrogen-bond donors (Lipinski definition) is 0. The fourth-order valence-electron chi connectivity index (χ4n) is 2.30. The van der Waals surface area contributed by atoms with Crippen molar-refractivity contribution in [2.75, 3.05) is 13.7 Å². The van der Waals surface area contributed by atoms with Gasteiger partial charge in [0.05, 0.1) is 20.1 Å². The summed E-state index contributed by atoms with van der Waals surface area (Å²) in [5, 5.41) is -0.103. The standard InChI is InChI=1S/C19H19ClO4S/c1-3-24-19(22)18(25-15-7-5-4-6-8-15)16-10-9-14(20)11-13(16)12-17(21)23-2/h4-11,18H,3,12H2,1-2H3. The molecule has 0 aliphatic rings. The van der Waals surface area contributed by atoms with Crippen molar-refractivity contribution in [3.8, 4) is 0 Å². The molecule has 4 nitrogen and oxygen atoms in total. The zero-order valence-electron chi connectivity index (χ0n) is 14.0. The Morgan fingerprint density at radius 2 is 1.88 bits per heavy atom. The number of esters is 2. The number of methoxy groups -OCH3 is 1. The Kier molecular flexibility index (Phi) is 7.34. The first-order valence-electron chi connectivity index (χ1n) is 7.78. The van der Waals surface area contributed by atoms with Gasteiger partial charge in [0.15, 0.2) is 0 Å². The molecule has 2 rings (SSSR count). The molecule has 0 heterocycles. The van der Waals surface area contributed by atoms with Crippen LogP contribution in [-0.2, 0) is 25.5 Å². The first-order valence-corrected chi connectivity index (χ1v) is 9.04. The molecule has 0 aliphatic carbocycles. The van der Waals surface area contributed by atoms with E-state index in [2.05, 4.69) is 0 Å². The van der Waals surface area contributed by atoms with Crippen LogP contribution in [0, 0.1) is 0 Å². The summed E-state index contributed by atoms with van der Waals surface area (Å²) in [6.45, 7) is 2.05. The Labute approximate surface area is 156 Å². The van der Waals surface area contributed by atoms with Gasteiger partial charge in [0.1, 0.15) is 5.25 Å². The van der Waals surface area contributed by atoms with Crippen LogP contribution < -0.4 is 0 Å². The van der Waals surface area contributed by atoms with Gasteiger partial charge in [-0.15, -0.1) is 11.8 Å². The maximum Gasteiger partial charge on any atom is 0.323 e. The van der Waals surface area contributed by atoms with Crippen molar-refractivity contribution in [2.24, 2.45) is 0 Å². The molecule has 0 saturated heterocycles. The van der Waals surface area contributed by atoms with Gasteiger partial charge >= 0.3 is 11.9 Å². The van der Waals surface area contributed by atoms with Crippen LogP contribution in [0.5, 0.6) is 0 Å². The Hall–Kier alpha value is -1.98. The largest absolute Gasteiger partial charge is 0.469 e. The van der Waals surface area contributed by atoms with E-state index in [-0.39, 0.29) is 19.0 Å². The minimum absolute atomic E-state index is 0.0393. The molecule has 0 amide bonds. The van der Waals surface area contributed by atoms with Gasteiger partial charge in [0.2, 0.25) is 0 Å². The molecule has 2 aromatic carbocycles. The maximum atomic E-state index is 12.5. The number of hydrogen-bond acceptors (Lipinski definition) is 5. The van der Waals surface area contributed by atoms with E-state index < -0.39 is 11.2 Å². The van der Waals surface area contributed by atoms with Gasteiger partial charge in [0.25, 0.3) is 0 Å². The second-order valence-corrected chi connectivity index (χ2v) is 6.77. The zero-order chi connectivity index (χ0) is 18.2. The highest BCUT2D eigenvalue weighted by atomic mass is 35.5. The summed E-state index contributed by atoms with van der Waals surface area (Å²) in [6.07, 6.45) is 0.0393. The Bertz CT molecular complexity index is 733. The van der Waals surface area contributed by atoms with Crippen LogP contribution in [0.15, 0.2) is 53.4 Å². The Morgan fingerprint density at radius 1 is 1.16 bits per heavy atom. The summed E-state index contributed by atoms with van der Waals surface area (Å²) >= 11 is 7.45. The first kappa shape index (κ1) is 19.3. The lowest BCUT2D eigenvalue weighted by molar-refractivity contribution is -0.143. The van der Waals surface area contributed by atoms with E-state index in [0.717, 1.165) is 4.90 Å². The fraction of sp³-hybridized carbons (Fsp3) is 0.263. The average Bonchev–Trinajstić information content (AvgIpc) is 2.61. The minimum Gasteiger partial charge on any atom is -0.469 e. The van der Waals surface area contributed by atoms with Crippen molar-refractivity contribution in [2.45, 2.75) is 23.5 Å². The number of thioether (sulfide) groups is 1. The molecule has 0 spiro atoms. The number of halogens is 1. The maximum absolute atomic E-state index is 12.5.